The van der Waals surface area contributed by atoms with Gasteiger partial charge in [0.05, 0.1) is 32.6 Å². The Morgan fingerprint density at radius 2 is 1.72 bits per heavy atom. The normalized spacial score (nSPS) is 13.6. The van der Waals surface area contributed by atoms with Crippen molar-refractivity contribution in [2.45, 2.75) is 6.92 Å². The second kappa shape index (κ2) is 7.65. The van der Waals surface area contributed by atoms with Gasteiger partial charge in [-0.25, -0.2) is 14.0 Å². The summed E-state index contributed by atoms with van der Waals surface area (Å²) >= 11 is 0. The van der Waals surface area contributed by atoms with E-state index < -0.39 is 17.8 Å². The second-order valence-electron chi connectivity index (χ2n) is 5.09. The minimum absolute atomic E-state index is 0.0256. The number of allylic oxidation sites excluding steroid dienone is 2. The molecule has 0 N–H and O–H groups in total. The van der Waals surface area contributed by atoms with Crippen LogP contribution in [0.25, 0.3) is 0 Å². The molecule has 1 aromatic rings. The molecule has 0 amide bonds. The number of halogens is 1. The number of hydrogen-bond donors (Lipinski definition) is 0. The van der Waals surface area contributed by atoms with Crippen molar-refractivity contribution in [1.29, 1.82) is 0 Å². The average Bonchev–Trinajstić information content (AvgIpc) is 2.85. The molecule has 0 radical (unpaired) electrons. The zero-order valence-corrected chi connectivity index (χ0v) is 14.3. The molecule has 25 heavy (non-hydrogen) atoms. The molecule has 0 aliphatic carbocycles. The lowest BCUT2D eigenvalue weighted by molar-refractivity contribution is -0.139. The predicted molar refractivity (Wildman–Crippen MR) is 89.5 cm³/mol. The highest BCUT2D eigenvalue weighted by Gasteiger charge is 2.29. The fraction of sp³-hybridized carbons (Fsp3) is 0.222. The highest BCUT2D eigenvalue weighted by molar-refractivity contribution is 6.05. The van der Waals surface area contributed by atoms with Crippen molar-refractivity contribution < 1.29 is 28.2 Å². The van der Waals surface area contributed by atoms with Gasteiger partial charge in [0.1, 0.15) is 17.3 Å². The van der Waals surface area contributed by atoms with Gasteiger partial charge in [0.2, 0.25) is 0 Å². The zero-order valence-electron chi connectivity index (χ0n) is 14.3. The van der Waals surface area contributed by atoms with Gasteiger partial charge in [-0.05, 0) is 30.7 Å². The van der Waals surface area contributed by atoms with E-state index in [1.807, 2.05) is 0 Å². The molecular formula is C18H18FNO5. The Bertz CT molecular complexity index is 795. The Morgan fingerprint density at radius 1 is 1.04 bits per heavy atom. The lowest BCUT2D eigenvalue weighted by atomic mass is 10.1. The third-order valence-corrected chi connectivity index (χ3v) is 3.61. The van der Waals surface area contributed by atoms with Gasteiger partial charge in [0, 0.05) is 12.3 Å². The first-order valence-corrected chi connectivity index (χ1v) is 7.33. The van der Waals surface area contributed by atoms with Crippen molar-refractivity contribution in [2.24, 2.45) is 0 Å². The smallest absolute Gasteiger partial charge is 0.355 e. The minimum Gasteiger partial charge on any atom is -0.495 e. The van der Waals surface area contributed by atoms with Gasteiger partial charge in [0.25, 0.3) is 0 Å². The van der Waals surface area contributed by atoms with E-state index in [2.05, 4.69) is 0 Å². The van der Waals surface area contributed by atoms with E-state index in [9.17, 15) is 14.0 Å². The van der Waals surface area contributed by atoms with Crippen LogP contribution in [0.2, 0.25) is 0 Å². The summed E-state index contributed by atoms with van der Waals surface area (Å²) in [7, 11) is 3.82. The fourth-order valence-electron chi connectivity index (χ4n) is 2.35. The summed E-state index contributed by atoms with van der Waals surface area (Å²) in [5, 5.41) is 0. The van der Waals surface area contributed by atoms with Gasteiger partial charge in [-0.15, -0.1) is 0 Å². The van der Waals surface area contributed by atoms with Crippen molar-refractivity contribution in [1.82, 2.24) is 0 Å². The van der Waals surface area contributed by atoms with Crippen LogP contribution in [0.3, 0.4) is 0 Å². The highest BCUT2D eigenvalue weighted by Crippen LogP contribution is 2.35. The molecule has 0 aromatic heterocycles. The molecule has 0 saturated heterocycles. The van der Waals surface area contributed by atoms with E-state index in [1.54, 1.807) is 19.1 Å². The van der Waals surface area contributed by atoms with Crippen LogP contribution in [0.5, 0.6) is 5.75 Å². The third kappa shape index (κ3) is 3.55. The van der Waals surface area contributed by atoms with E-state index in [0.29, 0.717) is 11.3 Å². The summed E-state index contributed by atoms with van der Waals surface area (Å²) < 4.78 is 29.0. The maximum Gasteiger partial charge on any atom is 0.355 e. The number of aryl methyl sites for hydroxylation is 1. The first-order chi connectivity index (χ1) is 11.9. The Morgan fingerprint density at radius 3 is 2.32 bits per heavy atom. The zero-order chi connectivity index (χ0) is 18.6. The molecule has 2 rings (SSSR count). The molecule has 0 fully saturated rings. The molecule has 0 atom stereocenters. The molecule has 132 valence electrons. The minimum atomic E-state index is -0.778. The van der Waals surface area contributed by atoms with Crippen molar-refractivity contribution in [3.05, 3.63) is 59.2 Å². The molecule has 0 spiro atoms. The van der Waals surface area contributed by atoms with Crippen LogP contribution >= 0.6 is 0 Å². The third-order valence-electron chi connectivity index (χ3n) is 3.61. The average molecular weight is 347 g/mol. The molecule has 1 aromatic carbocycles. The topological polar surface area (TPSA) is 65.1 Å². The number of carbonyl (C=O) groups is 2. The van der Waals surface area contributed by atoms with Gasteiger partial charge < -0.3 is 19.1 Å². The van der Waals surface area contributed by atoms with Gasteiger partial charge in [0.15, 0.2) is 0 Å². The molecule has 6 nitrogen and oxygen atoms in total. The number of carbonyl (C=O) groups excluding carboxylic acids is 2. The van der Waals surface area contributed by atoms with Crippen molar-refractivity contribution >= 4 is 17.6 Å². The van der Waals surface area contributed by atoms with Gasteiger partial charge in [-0.1, -0.05) is 6.08 Å². The van der Waals surface area contributed by atoms with Crippen molar-refractivity contribution in [3.63, 3.8) is 0 Å². The lowest BCUT2D eigenvalue weighted by Crippen LogP contribution is -2.27. The number of esters is 2. The summed E-state index contributed by atoms with van der Waals surface area (Å²) in [6, 6.07) is 2.73. The van der Waals surface area contributed by atoms with E-state index >= 15 is 0 Å². The number of ether oxygens (including phenoxy) is 3. The number of hydrogen-bond acceptors (Lipinski definition) is 6. The van der Waals surface area contributed by atoms with Crippen LogP contribution < -0.4 is 9.64 Å². The van der Waals surface area contributed by atoms with E-state index in [0.717, 1.165) is 0 Å². The molecule has 1 heterocycles. The molecule has 1 aliphatic heterocycles. The van der Waals surface area contributed by atoms with Gasteiger partial charge in [-0.2, -0.15) is 0 Å². The van der Waals surface area contributed by atoms with E-state index in [1.165, 1.54) is 50.6 Å². The molecule has 7 heteroatoms. The first-order valence-electron chi connectivity index (χ1n) is 7.33. The van der Waals surface area contributed by atoms with Gasteiger partial charge >= 0.3 is 11.9 Å². The molecular weight excluding hydrogens is 329 g/mol. The Kier molecular flexibility index (Phi) is 5.59. The van der Waals surface area contributed by atoms with Crippen LogP contribution in [-0.4, -0.2) is 33.3 Å². The number of benzene rings is 1. The van der Waals surface area contributed by atoms with Crippen LogP contribution in [0.4, 0.5) is 10.1 Å². The number of methoxy groups -OCH3 is 3. The predicted octanol–water partition coefficient (Wildman–Crippen LogP) is 2.63. The molecule has 0 bridgehead atoms. The standard InChI is InChI=1S/C18H18FNO5/c1-11-9-15(23-2)14(10-13(11)19)20-8-6-5-7-12(17(21)24-3)16(20)18(22)25-4/h5-10H,1-4H3. The SMILES string of the molecule is COC(=O)C1=C(C(=O)OC)N(c2cc(F)c(C)cc2OC)C=CC=C1. The summed E-state index contributed by atoms with van der Waals surface area (Å²) in [5.74, 6) is -1.65. The Balaban J connectivity index is 2.75. The Hall–Kier alpha value is -3.09. The Labute approximate surface area is 144 Å². The number of rotatable bonds is 4. The maximum atomic E-state index is 14.1. The van der Waals surface area contributed by atoms with Crippen molar-refractivity contribution in [2.75, 3.05) is 26.2 Å². The van der Waals surface area contributed by atoms with E-state index in [4.69, 9.17) is 14.2 Å². The summed E-state index contributed by atoms with van der Waals surface area (Å²) in [4.78, 5) is 25.8. The van der Waals surface area contributed by atoms with Crippen LogP contribution in [0.1, 0.15) is 5.56 Å². The number of nitrogens with zero attached hydrogens (tertiary/aromatic N) is 1. The largest absolute Gasteiger partial charge is 0.495 e. The summed E-state index contributed by atoms with van der Waals surface area (Å²) in [6.45, 7) is 1.60. The molecule has 1 aliphatic rings. The quantitative estimate of drug-likeness (QED) is 0.780. The fourth-order valence-corrected chi connectivity index (χ4v) is 2.35. The monoisotopic (exact) mass is 347 g/mol. The maximum absolute atomic E-state index is 14.1. The summed E-state index contributed by atoms with van der Waals surface area (Å²) in [5.41, 5.74) is 0.491. The van der Waals surface area contributed by atoms with E-state index in [-0.39, 0.29) is 17.0 Å². The second-order valence-corrected chi connectivity index (χ2v) is 5.09. The van der Waals surface area contributed by atoms with Gasteiger partial charge in [-0.3, -0.25) is 0 Å². The molecule has 0 saturated carbocycles. The number of anilines is 1. The van der Waals surface area contributed by atoms with Crippen molar-refractivity contribution in [3.8, 4) is 5.75 Å². The van der Waals surface area contributed by atoms with Crippen LogP contribution in [-0.2, 0) is 19.1 Å². The summed E-state index contributed by atoms with van der Waals surface area (Å²) in [6.07, 6.45) is 6.08. The van der Waals surface area contributed by atoms with Crippen LogP contribution in [0, 0.1) is 12.7 Å². The molecule has 0 unspecified atom stereocenters. The van der Waals surface area contributed by atoms with Crippen LogP contribution in [0.15, 0.2) is 47.8 Å². The lowest BCUT2D eigenvalue weighted by Gasteiger charge is -2.25. The first kappa shape index (κ1) is 18.3. The highest BCUT2D eigenvalue weighted by atomic mass is 19.1.